The summed E-state index contributed by atoms with van der Waals surface area (Å²) in [5, 5.41) is 13.6. The first kappa shape index (κ1) is 25.8. The maximum absolute atomic E-state index is 13.4. The summed E-state index contributed by atoms with van der Waals surface area (Å²) in [5.74, 6) is 2.31. The van der Waals surface area contributed by atoms with Crippen LogP contribution in [-0.2, 0) is 6.42 Å². The molecule has 1 amide bonds. The minimum Gasteiger partial charge on any atom is -0.457 e. The summed E-state index contributed by atoms with van der Waals surface area (Å²) in [4.78, 5) is 21.8. The van der Waals surface area contributed by atoms with E-state index in [1.54, 1.807) is 12.3 Å². The molecular formula is C33H28N6O2. The number of aromatic nitrogens is 1. The van der Waals surface area contributed by atoms with E-state index in [0.717, 1.165) is 45.4 Å². The number of rotatable bonds is 6. The molecule has 8 heteroatoms. The molecule has 0 unspecified atom stereocenters. The molecule has 3 aromatic carbocycles. The van der Waals surface area contributed by atoms with Crippen LogP contribution in [0.4, 0.5) is 5.82 Å². The first-order chi connectivity index (χ1) is 20.1. The fourth-order valence-electron chi connectivity index (χ4n) is 5.07. The quantitative estimate of drug-likeness (QED) is 0.360. The molecular weight excluding hydrogens is 512 g/mol. The van der Waals surface area contributed by atoms with Crippen LogP contribution in [-0.4, -0.2) is 47.7 Å². The van der Waals surface area contributed by atoms with Crippen LogP contribution in [0.25, 0.3) is 5.70 Å². The van der Waals surface area contributed by atoms with Crippen molar-refractivity contribution >= 4 is 23.1 Å². The summed E-state index contributed by atoms with van der Waals surface area (Å²) >= 11 is 0. The Morgan fingerprint density at radius 3 is 2.51 bits per heavy atom. The first-order valence-electron chi connectivity index (χ1n) is 13.5. The van der Waals surface area contributed by atoms with Crippen molar-refractivity contribution in [2.24, 2.45) is 5.10 Å². The molecule has 0 aliphatic carbocycles. The molecule has 1 saturated heterocycles. The van der Waals surface area contributed by atoms with E-state index in [-0.39, 0.29) is 5.91 Å². The lowest BCUT2D eigenvalue weighted by Crippen LogP contribution is -2.49. The molecule has 6 rings (SSSR count). The highest BCUT2D eigenvalue weighted by atomic mass is 16.5. The summed E-state index contributed by atoms with van der Waals surface area (Å²) in [7, 11) is 0. The van der Waals surface area contributed by atoms with Gasteiger partial charge in [0.05, 0.1) is 17.0 Å². The van der Waals surface area contributed by atoms with Gasteiger partial charge in [0.2, 0.25) is 0 Å². The second-order valence-corrected chi connectivity index (χ2v) is 9.94. The van der Waals surface area contributed by atoms with Crippen molar-refractivity contribution in [3.05, 3.63) is 126 Å². The number of ether oxygens (including phenoxy) is 1. The molecule has 3 heterocycles. The molecule has 1 aromatic heterocycles. The van der Waals surface area contributed by atoms with Gasteiger partial charge in [-0.25, -0.2) is 4.98 Å². The zero-order chi connectivity index (χ0) is 28.2. The third-order valence-electron chi connectivity index (χ3n) is 7.25. The molecule has 0 atom stereocenters. The number of benzene rings is 3. The van der Waals surface area contributed by atoms with Gasteiger partial charge in [0.1, 0.15) is 23.4 Å². The molecule has 1 fully saturated rings. The molecule has 2 aliphatic heterocycles. The predicted octanol–water partition coefficient (Wildman–Crippen LogP) is 5.23. The van der Waals surface area contributed by atoms with Gasteiger partial charge in [0.15, 0.2) is 0 Å². The van der Waals surface area contributed by atoms with E-state index in [9.17, 15) is 4.79 Å². The molecule has 41 heavy (non-hydrogen) atoms. The van der Waals surface area contributed by atoms with Gasteiger partial charge in [-0.2, -0.15) is 10.4 Å². The SMILES string of the molecule is C=C1NN=C(Cc2cccc(C(=O)N3CCN(c4ccc(C#N)cn4)CC3)c2)c2cc(Oc3ccccc3)ccc21. The van der Waals surface area contributed by atoms with E-state index in [1.807, 2.05) is 83.8 Å². The standard InChI is InChI=1S/C33H28N6O2/c1-23-29-12-11-28(41-27-8-3-2-4-9-27)20-30(29)31(37-36-23)19-24-6-5-7-26(18-24)33(40)39-16-14-38(15-17-39)32-13-10-25(21-34)22-35-32/h2-13,18,20,22,36H,1,14-17,19H2. The van der Waals surface area contributed by atoms with Crippen molar-refractivity contribution in [1.82, 2.24) is 15.3 Å². The van der Waals surface area contributed by atoms with Crippen molar-refractivity contribution in [2.75, 3.05) is 31.1 Å². The number of nitrogens with zero attached hydrogens (tertiary/aromatic N) is 5. The number of hydrazone groups is 1. The van der Waals surface area contributed by atoms with Gasteiger partial charge in [0.25, 0.3) is 5.91 Å². The first-order valence-corrected chi connectivity index (χ1v) is 13.5. The van der Waals surface area contributed by atoms with Crippen LogP contribution in [0.1, 0.15) is 32.6 Å². The van der Waals surface area contributed by atoms with Crippen LogP contribution in [0, 0.1) is 11.3 Å². The van der Waals surface area contributed by atoms with Crippen LogP contribution < -0.4 is 15.1 Å². The maximum atomic E-state index is 13.4. The number of piperazine rings is 1. The number of pyridine rings is 1. The summed E-state index contributed by atoms with van der Waals surface area (Å²) in [6.07, 6.45) is 2.12. The van der Waals surface area contributed by atoms with Gasteiger partial charge in [-0.05, 0) is 60.2 Å². The number of hydrogen-bond acceptors (Lipinski definition) is 7. The van der Waals surface area contributed by atoms with Crippen molar-refractivity contribution in [3.8, 4) is 17.6 Å². The number of fused-ring (bicyclic) bond motifs is 1. The van der Waals surface area contributed by atoms with Crippen molar-refractivity contribution < 1.29 is 9.53 Å². The Hall–Kier alpha value is -5.42. The highest BCUT2D eigenvalue weighted by Gasteiger charge is 2.24. The topological polar surface area (TPSA) is 93.9 Å². The average molecular weight is 541 g/mol. The fraction of sp³-hybridized carbons (Fsp3) is 0.152. The lowest BCUT2D eigenvalue weighted by molar-refractivity contribution is 0.0746. The maximum Gasteiger partial charge on any atom is 0.253 e. The van der Waals surface area contributed by atoms with Gasteiger partial charge in [-0.1, -0.05) is 36.9 Å². The van der Waals surface area contributed by atoms with E-state index >= 15 is 0 Å². The minimum absolute atomic E-state index is 0.00956. The molecule has 8 nitrogen and oxygen atoms in total. The van der Waals surface area contributed by atoms with Gasteiger partial charge < -0.3 is 14.5 Å². The molecule has 1 N–H and O–H groups in total. The van der Waals surface area contributed by atoms with Crippen LogP contribution in [0.2, 0.25) is 0 Å². The van der Waals surface area contributed by atoms with Crippen molar-refractivity contribution in [1.29, 1.82) is 5.26 Å². The Bertz CT molecular complexity index is 1670. The normalized spacial score (nSPS) is 14.4. The number of nitrogens with one attached hydrogen (secondary N) is 1. The predicted molar refractivity (Wildman–Crippen MR) is 159 cm³/mol. The largest absolute Gasteiger partial charge is 0.457 e. The number of para-hydroxylation sites is 1. The summed E-state index contributed by atoms with van der Waals surface area (Å²) in [6.45, 7) is 6.66. The van der Waals surface area contributed by atoms with Crippen molar-refractivity contribution in [3.63, 3.8) is 0 Å². The zero-order valence-corrected chi connectivity index (χ0v) is 22.5. The smallest absolute Gasteiger partial charge is 0.253 e. The summed E-state index contributed by atoms with van der Waals surface area (Å²) < 4.78 is 6.07. The molecule has 0 spiro atoms. The Morgan fingerprint density at radius 1 is 0.927 bits per heavy atom. The number of anilines is 1. The number of nitriles is 1. The van der Waals surface area contributed by atoms with Crippen LogP contribution in [0.3, 0.4) is 0 Å². The van der Waals surface area contributed by atoms with Gasteiger partial charge in [-0.15, -0.1) is 0 Å². The Labute approximate surface area is 238 Å². The summed E-state index contributed by atoms with van der Waals surface area (Å²) in [6, 6.07) is 29.0. The Morgan fingerprint density at radius 2 is 1.76 bits per heavy atom. The van der Waals surface area contributed by atoms with E-state index in [1.165, 1.54) is 0 Å². The van der Waals surface area contributed by atoms with Gasteiger partial charge in [0, 0.05) is 55.5 Å². The molecule has 0 saturated carbocycles. The van der Waals surface area contributed by atoms with E-state index in [4.69, 9.17) is 10.00 Å². The molecule has 202 valence electrons. The van der Waals surface area contributed by atoms with Gasteiger partial charge >= 0.3 is 0 Å². The van der Waals surface area contributed by atoms with E-state index < -0.39 is 0 Å². The fourth-order valence-corrected chi connectivity index (χ4v) is 5.07. The third kappa shape index (κ3) is 5.65. The van der Waals surface area contributed by atoms with Crippen LogP contribution in [0.15, 0.2) is 103 Å². The molecule has 0 bridgehead atoms. The van der Waals surface area contributed by atoms with Crippen LogP contribution >= 0.6 is 0 Å². The lowest BCUT2D eigenvalue weighted by Gasteiger charge is -2.35. The number of amides is 1. The second kappa shape index (κ2) is 11.4. The summed E-state index contributed by atoms with van der Waals surface area (Å²) in [5.41, 5.74) is 8.72. The Balaban J connectivity index is 1.15. The molecule has 0 radical (unpaired) electrons. The number of carbonyl (C=O) groups is 1. The second-order valence-electron chi connectivity index (χ2n) is 9.94. The minimum atomic E-state index is 0.00956. The average Bonchev–Trinajstić information content (AvgIpc) is 3.03. The van der Waals surface area contributed by atoms with Crippen LogP contribution in [0.5, 0.6) is 11.5 Å². The molecule has 4 aromatic rings. The monoisotopic (exact) mass is 540 g/mol. The zero-order valence-electron chi connectivity index (χ0n) is 22.5. The number of hydrogen-bond donors (Lipinski definition) is 1. The van der Waals surface area contributed by atoms with E-state index in [0.29, 0.717) is 43.7 Å². The van der Waals surface area contributed by atoms with E-state index in [2.05, 4.69) is 33.1 Å². The Kier molecular flexibility index (Phi) is 7.16. The lowest BCUT2D eigenvalue weighted by atomic mass is 9.94. The number of carbonyl (C=O) groups excluding carboxylic acids is 1. The van der Waals surface area contributed by atoms with Gasteiger partial charge in [-0.3, -0.25) is 10.2 Å². The van der Waals surface area contributed by atoms with Crippen molar-refractivity contribution in [2.45, 2.75) is 6.42 Å². The molecule has 2 aliphatic rings. The third-order valence-corrected chi connectivity index (χ3v) is 7.25. The highest BCUT2D eigenvalue weighted by molar-refractivity contribution is 6.07. The highest BCUT2D eigenvalue weighted by Crippen LogP contribution is 2.29.